The number of nitrogens with zero attached hydrogens (tertiary/aromatic N) is 2. The van der Waals surface area contributed by atoms with E-state index in [0.29, 0.717) is 11.3 Å². The highest BCUT2D eigenvalue weighted by Crippen LogP contribution is 2.30. The molecule has 0 saturated carbocycles. The lowest BCUT2D eigenvalue weighted by molar-refractivity contribution is -0.137. The van der Waals surface area contributed by atoms with E-state index in [4.69, 9.17) is 0 Å². The summed E-state index contributed by atoms with van der Waals surface area (Å²) < 4.78 is 38.4. The Balaban J connectivity index is 1.84. The van der Waals surface area contributed by atoms with Gasteiger partial charge < -0.3 is 5.32 Å². The van der Waals surface area contributed by atoms with Crippen molar-refractivity contribution in [1.82, 2.24) is 15.3 Å². The first-order valence-corrected chi connectivity index (χ1v) is 8.20. The Morgan fingerprint density at radius 1 is 1.00 bits per heavy atom. The lowest BCUT2D eigenvalue weighted by Gasteiger charge is -2.19. The van der Waals surface area contributed by atoms with Gasteiger partial charge in [0.25, 0.3) is 0 Å². The van der Waals surface area contributed by atoms with Crippen LogP contribution in [0.1, 0.15) is 28.4 Å². The highest BCUT2D eigenvalue weighted by molar-refractivity contribution is 5.79. The van der Waals surface area contributed by atoms with Gasteiger partial charge in [0.05, 0.1) is 29.9 Å². The minimum Gasteiger partial charge on any atom is -0.343 e. The molecule has 0 aliphatic rings. The maximum absolute atomic E-state index is 12.8. The van der Waals surface area contributed by atoms with Crippen LogP contribution in [0.25, 0.3) is 0 Å². The van der Waals surface area contributed by atoms with Crippen molar-refractivity contribution in [2.75, 3.05) is 0 Å². The Hall–Kier alpha value is -3.22. The molecule has 138 valence electrons. The molecule has 1 N–H and O–H groups in total. The smallest absolute Gasteiger partial charge is 0.343 e. The number of aromatic nitrogens is 2. The van der Waals surface area contributed by atoms with Crippen molar-refractivity contribution in [3.05, 3.63) is 95.6 Å². The van der Waals surface area contributed by atoms with Crippen LogP contribution in [0.15, 0.2) is 73.2 Å². The molecule has 1 atom stereocenters. The Morgan fingerprint density at radius 2 is 1.70 bits per heavy atom. The molecule has 1 aromatic heterocycles. The van der Waals surface area contributed by atoms with Crippen LogP contribution >= 0.6 is 0 Å². The summed E-state index contributed by atoms with van der Waals surface area (Å²) in [5, 5.41) is 2.83. The second-order valence-electron chi connectivity index (χ2n) is 5.91. The first-order valence-electron chi connectivity index (χ1n) is 8.20. The molecule has 7 heteroatoms. The lowest BCUT2D eigenvalue weighted by atomic mass is 10.0. The molecule has 0 spiro atoms. The number of carbonyl (C=O) groups excluding carboxylic acids is 1. The van der Waals surface area contributed by atoms with Crippen LogP contribution in [0.4, 0.5) is 13.2 Å². The van der Waals surface area contributed by atoms with Gasteiger partial charge in [-0.15, -0.1) is 0 Å². The van der Waals surface area contributed by atoms with Gasteiger partial charge in [0, 0.05) is 12.4 Å². The average Bonchev–Trinajstić information content (AvgIpc) is 2.67. The van der Waals surface area contributed by atoms with E-state index in [9.17, 15) is 18.0 Å². The third kappa shape index (κ3) is 4.91. The molecule has 0 bridgehead atoms. The molecule has 1 heterocycles. The number of amides is 1. The number of halogens is 3. The molecule has 27 heavy (non-hydrogen) atoms. The third-order valence-electron chi connectivity index (χ3n) is 3.96. The van der Waals surface area contributed by atoms with E-state index >= 15 is 0 Å². The van der Waals surface area contributed by atoms with Crippen LogP contribution in [0.5, 0.6) is 0 Å². The minimum absolute atomic E-state index is 0.151. The van der Waals surface area contributed by atoms with Crippen LogP contribution in [0.2, 0.25) is 0 Å². The molecular formula is C20H16F3N3O. The van der Waals surface area contributed by atoms with Crippen LogP contribution in [0, 0.1) is 0 Å². The maximum atomic E-state index is 12.8. The van der Waals surface area contributed by atoms with E-state index in [0.717, 1.165) is 17.7 Å². The quantitative estimate of drug-likeness (QED) is 0.739. The van der Waals surface area contributed by atoms with Gasteiger partial charge >= 0.3 is 6.18 Å². The summed E-state index contributed by atoms with van der Waals surface area (Å²) in [5.74, 6) is -0.267. The number of alkyl halides is 3. The summed E-state index contributed by atoms with van der Waals surface area (Å²) in [6.07, 6.45) is 0.162. The standard InChI is InChI=1S/C20H16F3N3O/c21-20(22,23)16-8-6-15(7-9-16)19(17-13-24-10-11-25-17)26-18(27)12-14-4-2-1-3-5-14/h1-11,13,19H,12H2,(H,26,27). The number of hydrogen-bond acceptors (Lipinski definition) is 3. The van der Waals surface area contributed by atoms with Crippen LogP contribution < -0.4 is 5.32 Å². The summed E-state index contributed by atoms with van der Waals surface area (Å²) in [6, 6.07) is 13.1. The predicted octanol–water partition coefficient (Wildman–Crippen LogP) is 3.94. The number of nitrogens with one attached hydrogen (secondary N) is 1. The SMILES string of the molecule is O=C(Cc1ccccc1)NC(c1ccc(C(F)(F)F)cc1)c1cnccn1. The van der Waals surface area contributed by atoms with Crippen molar-refractivity contribution in [2.45, 2.75) is 18.6 Å². The summed E-state index contributed by atoms with van der Waals surface area (Å²) >= 11 is 0. The second-order valence-corrected chi connectivity index (χ2v) is 5.91. The van der Waals surface area contributed by atoms with Crippen LogP contribution in [0.3, 0.4) is 0 Å². The van der Waals surface area contributed by atoms with Crippen molar-refractivity contribution in [1.29, 1.82) is 0 Å². The van der Waals surface area contributed by atoms with Gasteiger partial charge in [-0.05, 0) is 23.3 Å². The Morgan fingerprint density at radius 3 is 2.30 bits per heavy atom. The summed E-state index contributed by atoms with van der Waals surface area (Å²) in [5.41, 5.74) is 1.02. The molecular weight excluding hydrogens is 355 g/mol. The van der Waals surface area contributed by atoms with Crippen molar-refractivity contribution in [3.8, 4) is 0 Å². The topological polar surface area (TPSA) is 54.9 Å². The van der Waals surface area contributed by atoms with E-state index in [1.807, 2.05) is 30.3 Å². The second kappa shape index (κ2) is 7.99. The first-order chi connectivity index (χ1) is 12.9. The van der Waals surface area contributed by atoms with Gasteiger partial charge in [-0.1, -0.05) is 42.5 Å². The van der Waals surface area contributed by atoms with Crippen molar-refractivity contribution >= 4 is 5.91 Å². The molecule has 0 saturated heterocycles. The molecule has 0 fully saturated rings. The van der Waals surface area contributed by atoms with E-state index in [1.165, 1.54) is 30.7 Å². The predicted molar refractivity (Wildman–Crippen MR) is 93.6 cm³/mol. The normalized spacial score (nSPS) is 12.4. The van der Waals surface area contributed by atoms with Crippen molar-refractivity contribution < 1.29 is 18.0 Å². The van der Waals surface area contributed by atoms with Crippen molar-refractivity contribution in [2.24, 2.45) is 0 Å². The largest absolute Gasteiger partial charge is 0.416 e. The summed E-state index contributed by atoms with van der Waals surface area (Å²) in [4.78, 5) is 20.6. The van der Waals surface area contributed by atoms with Gasteiger partial charge in [0.1, 0.15) is 0 Å². The molecule has 3 aromatic rings. The van der Waals surface area contributed by atoms with Crippen LogP contribution in [-0.2, 0) is 17.4 Å². The Bertz CT molecular complexity index is 882. The van der Waals surface area contributed by atoms with Gasteiger partial charge in [-0.3, -0.25) is 14.8 Å². The number of benzene rings is 2. The van der Waals surface area contributed by atoms with Crippen LogP contribution in [-0.4, -0.2) is 15.9 Å². The highest BCUT2D eigenvalue weighted by Gasteiger charge is 2.30. The van der Waals surface area contributed by atoms with Gasteiger partial charge in [0.2, 0.25) is 5.91 Å². The average molecular weight is 371 g/mol. The zero-order valence-electron chi connectivity index (χ0n) is 14.1. The number of carbonyl (C=O) groups is 1. The van der Waals surface area contributed by atoms with Gasteiger partial charge in [-0.2, -0.15) is 13.2 Å². The number of hydrogen-bond donors (Lipinski definition) is 1. The highest BCUT2D eigenvalue weighted by atomic mass is 19.4. The summed E-state index contributed by atoms with van der Waals surface area (Å²) in [6.45, 7) is 0. The molecule has 2 aromatic carbocycles. The van der Waals surface area contributed by atoms with E-state index < -0.39 is 17.8 Å². The molecule has 0 aliphatic heterocycles. The summed E-state index contributed by atoms with van der Waals surface area (Å²) in [7, 11) is 0. The van der Waals surface area contributed by atoms with Gasteiger partial charge in [-0.25, -0.2) is 0 Å². The molecule has 0 radical (unpaired) electrons. The molecule has 0 aliphatic carbocycles. The maximum Gasteiger partial charge on any atom is 0.416 e. The minimum atomic E-state index is -4.42. The first kappa shape index (κ1) is 18.6. The molecule has 1 unspecified atom stereocenters. The lowest BCUT2D eigenvalue weighted by Crippen LogP contribution is -2.31. The Kier molecular flexibility index (Phi) is 5.49. The van der Waals surface area contributed by atoms with E-state index in [2.05, 4.69) is 15.3 Å². The van der Waals surface area contributed by atoms with Crippen molar-refractivity contribution in [3.63, 3.8) is 0 Å². The monoisotopic (exact) mass is 371 g/mol. The van der Waals surface area contributed by atoms with E-state index in [-0.39, 0.29) is 12.3 Å². The van der Waals surface area contributed by atoms with Gasteiger partial charge in [0.15, 0.2) is 0 Å². The Labute approximate surface area is 154 Å². The molecule has 1 amide bonds. The zero-order chi connectivity index (χ0) is 19.3. The number of rotatable bonds is 5. The zero-order valence-corrected chi connectivity index (χ0v) is 14.1. The molecule has 4 nitrogen and oxygen atoms in total. The molecule has 3 rings (SSSR count). The third-order valence-corrected chi connectivity index (χ3v) is 3.96. The fraction of sp³-hybridized carbons (Fsp3) is 0.150. The van der Waals surface area contributed by atoms with E-state index in [1.54, 1.807) is 0 Å². The fourth-order valence-corrected chi connectivity index (χ4v) is 2.65. The fourth-order valence-electron chi connectivity index (χ4n) is 2.65.